The van der Waals surface area contributed by atoms with Crippen LogP contribution in [-0.4, -0.2) is 36.0 Å². The van der Waals surface area contributed by atoms with Crippen LogP contribution in [-0.2, 0) is 4.79 Å². The van der Waals surface area contributed by atoms with E-state index in [0.717, 1.165) is 12.1 Å². The quantitative estimate of drug-likeness (QED) is 0.455. The number of rotatable bonds is 6. The summed E-state index contributed by atoms with van der Waals surface area (Å²) in [5.74, 6) is -1.46. The Morgan fingerprint density at radius 1 is 1.56 bits per heavy atom. The second-order valence-corrected chi connectivity index (χ2v) is 3.12. The van der Waals surface area contributed by atoms with E-state index < -0.39 is 17.5 Å². The second-order valence-electron chi connectivity index (χ2n) is 3.12. The topological polar surface area (TPSA) is 116 Å². The fourth-order valence-corrected chi connectivity index (χ4v) is 1.24. The molecular weight excluding hydrogens is 246 g/mol. The molecule has 0 aliphatic heterocycles. The molecular formula is C10H9NO7. The van der Waals surface area contributed by atoms with Crippen LogP contribution in [0.1, 0.15) is 10.4 Å². The van der Waals surface area contributed by atoms with E-state index >= 15 is 0 Å². The van der Waals surface area contributed by atoms with E-state index in [4.69, 9.17) is 14.6 Å². The van der Waals surface area contributed by atoms with Crippen molar-refractivity contribution in [2.24, 2.45) is 0 Å². The summed E-state index contributed by atoms with van der Waals surface area (Å²) in [4.78, 5) is 31.1. The zero-order valence-corrected chi connectivity index (χ0v) is 9.28. The lowest BCUT2D eigenvalue weighted by Crippen LogP contribution is -2.11. The molecule has 0 aliphatic carbocycles. The van der Waals surface area contributed by atoms with Gasteiger partial charge in [0.15, 0.2) is 24.4 Å². The van der Waals surface area contributed by atoms with Crippen LogP contribution in [0.15, 0.2) is 12.1 Å². The van der Waals surface area contributed by atoms with Crippen molar-refractivity contribution < 1.29 is 29.1 Å². The van der Waals surface area contributed by atoms with Crippen LogP contribution < -0.4 is 9.47 Å². The third-order valence-corrected chi connectivity index (χ3v) is 1.97. The molecule has 0 fully saturated rings. The Balaban J connectivity index is 3.25. The summed E-state index contributed by atoms with van der Waals surface area (Å²) in [6, 6.07) is 2.02. The molecule has 1 N–H and O–H groups in total. The van der Waals surface area contributed by atoms with E-state index in [1.807, 2.05) is 0 Å². The number of ether oxygens (including phenoxy) is 2. The van der Waals surface area contributed by atoms with Crippen molar-refractivity contribution in [1.29, 1.82) is 0 Å². The molecule has 96 valence electrons. The van der Waals surface area contributed by atoms with Gasteiger partial charge in [0, 0.05) is 6.07 Å². The van der Waals surface area contributed by atoms with Gasteiger partial charge in [-0.15, -0.1) is 0 Å². The Hall–Kier alpha value is -2.64. The number of carboxylic acid groups (broad SMARTS) is 1. The Morgan fingerprint density at radius 3 is 2.67 bits per heavy atom. The van der Waals surface area contributed by atoms with E-state index in [1.54, 1.807) is 0 Å². The van der Waals surface area contributed by atoms with E-state index in [9.17, 15) is 19.7 Å². The average molecular weight is 255 g/mol. The summed E-state index contributed by atoms with van der Waals surface area (Å²) >= 11 is 0. The first-order valence-corrected chi connectivity index (χ1v) is 4.65. The number of methoxy groups -OCH3 is 1. The lowest BCUT2D eigenvalue weighted by Gasteiger charge is -2.10. The lowest BCUT2D eigenvalue weighted by atomic mass is 10.2. The minimum Gasteiger partial charge on any atom is -0.493 e. The van der Waals surface area contributed by atoms with Gasteiger partial charge in [0.25, 0.3) is 5.69 Å². The normalized spacial score (nSPS) is 9.61. The molecule has 18 heavy (non-hydrogen) atoms. The van der Waals surface area contributed by atoms with Crippen LogP contribution in [0.5, 0.6) is 11.5 Å². The van der Waals surface area contributed by atoms with Crippen molar-refractivity contribution in [3.8, 4) is 11.5 Å². The fourth-order valence-electron chi connectivity index (χ4n) is 1.24. The van der Waals surface area contributed by atoms with Crippen molar-refractivity contribution in [3.05, 3.63) is 27.8 Å². The molecule has 0 unspecified atom stereocenters. The van der Waals surface area contributed by atoms with Gasteiger partial charge in [-0.3, -0.25) is 14.9 Å². The minimum absolute atomic E-state index is 0.0763. The highest BCUT2D eigenvalue weighted by molar-refractivity contribution is 5.83. The molecule has 0 heterocycles. The SMILES string of the molecule is COc1cc([N+](=O)[O-])cc(C=O)c1OCC(=O)O. The van der Waals surface area contributed by atoms with Crippen molar-refractivity contribution in [3.63, 3.8) is 0 Å². The monoisotopic (exact) mass is 255 g/mol. The molecule has 1 rings (SSSR count). The first kappa shape index (κ1) is 13.4. The average Bonchev–Trinajstić information content (AvgIpc) is 2.34. The number of nitro benzene ring substituents is 1. The fraction of sp³-hybridized carbons (Fsp3) is 0.200. The molecule has 0 amide bonds. The van der Waals surface area contributed by atoms with E-state index in [0.29, 0.717) is 6.29 Å². The third-order valence-electron chi connectivity index (χ3n) is 1.97. The summed E-state index contributed by atoms with van der Waals surface area (Å²) in [6.07, 6.45) is 0.326. The van der Waals surface area contributed by atoms with E-state index in [2.05, 4.69) is 0 Å². The predicted octanol–water partition coefficient (Wildman–Crippen LogP) is 0.879. The van der Waals surface area contributed by atoms with Gasteiger partial charge in [0.1, 0.15) is 0 Å². The van der Waals surface area contributed by atoms with Crippen molar-refractivity contribution in [1.82, 2.24) is 0 Å². The van der Waals surface area contributed by atoms with Crippen LogP contribution in [0.4, 0.5) is 5.69 Å². The first-order chi connectivity index (χ1) is 8.49. The van der Waals surface area contributed by atoms with Gasteiger partial charge in [0.2, 0.25) is 0 Å². The van der Waals surface area contributed by atoms with Crippen molar-refractivity contribution >= 4 is 17.9 Å². The van der Waals surface area contributed by atoms with Gasteiger partial charge in [-0.25, -0.2) is 4.79 Å². The summed E-state index contributed by atoms with van der Waals surface area (Å²) in [7, 11) is 1.22. The highest BCUT2D eigenvalue weighted by Crippen LogP contribution is 2.34. The zero-order chi connectivity index (χ0) is 13.7. The molecule has 1 aromatic carbocycles. The Labute approximate surface area is 101 Å². The summed E-state index contributed by atoms with van der Waals surface area (Å²) in [6.45, 7) is -0.686. The maximum absolute atomic E-state index is 10.8. The Kier molecular flexibility index (Phi) is 4.19. The number of non-ortho nitro benzene ring substituents is 1. The number of nitro groups is 1. The molecule has 0 spiro atoms. The number of hydrogen-bond donors (Lipinski definition) is 1. The van der Waals surface area contributed by atoms with Crippen LogP contribution in [0.25, 0.3) is 0 Å². The van der Waals surface area contributed by atoms with Crippen molar-refractivity contribution in [2.45, 2.75) is 0 Å². The van der Waals surface area contributed by atoms with E-state index in [1.165, 1.54) is 7.11 Å². The highest BCUT2D eigenvalue weighted by Gasteiger charge is 2.19. The molecule has 8 heteroatoms. The van der Waals surface area contributed by atoms with Gasteiger partial charge in [0.05, 0.1) is 23.7 Å². The molecule has 1 aromatic rings. The summed E-state index contributed by atoms with van der Waals surface area (Å²) in [5, 5.41) is 19.1. The standard InChI is InChI=1S/C10H9NO7/c1-17-8-3-7(11(15)16)2-6(4-12)10(8)18-5-9(13)14/h2-4H,5H2,1H3,(H,13,14). The largest absolute Gasteiger partial charge is 0.493 e. The van der Waals surface area contributed by atoms with Crippen LogP contribution in [0, 0.1) is 10.1 Å². The number of carboxylic acids is 1. The minimum atomic E-state index is -1.24. The Bertz CT molecular complexity index is 497. The molecule has 0 aromatic heterocycles. The van der Waals surface area contributed by atoms with Gasteiger partial charge >= 0.3 is 5.97 Å². The van der Waals surface area contributed by atoms with Crippen molar-refractivity contribution in [2.75, 3.05) is 13.7 Å². The maximum atomic E-state index is 10.8. The lowest BCUT2D eigenvalue weighted by molar-refractivity contribution is -0.385. The van der Waals surface area contributed by atoms with Gasteiger partial charge in [-0.2, -0.15) is 0 Å². The number of hydrogen-bond acceptors (Lipinski definition) is 6. The molecule has 0 radical (unpaired) electrons. The van der Waals surface area contributed by atoms with Crippen LogP contribution in [0.3, 0.4) is 0 Å². The molecule has 0 bridgehead atoms. The predicted molar refractivity (Wildman–Crippen MR) is 58.2 cm³/mol. The molecule has 0 saturated heterocycles. The number of aldehydes is 1. The summed E-state index contributed by atoms with van der Waals surface area (Å²) in [5.41, 5.74) is -0.501. The number of aliphatic carboxylic acids is 1. The van der Waals surface area contributed by atoms with Crippen LogP contribution >= 0.6 is 0 Å². The maximum Gasteiger partial charge on any atom is 0.341 e. The highest BCUT2D eigenvalue weighted by atomic mass is 16.6. The zero-order valence-electron chi connectivity index (χ0n) is 9.28. The van der Waals surface area contributed by atoms with Crippen LogP contribution in [0.2, 0.25) is 0 Å². The van der Waals surface area contributed by atoms with Gasteiger partial charge in [-0.05, 0) is 0 Å². The van der Waals surface area contributed by atoms with Gasteiger partial charge < -0.3 is 14.6 Å². The van der Waals surface area contributed by atoms with Gasteiger partial charge in [-0.1, -0.05) is 0 Å². The summed E-state index contributed by atoms with van der Waals surface area (Å²) < 4.78 is 9.70. The number of carbonyl (C=O) groups is 2. The first-order valence-electron chi connectivity index (χ1n) is 4.65. The number of nitrogens with zero attached hydrogens (tertiary/aromatic N) is 1. The molecule has 0 saturated carbocycles. The number of benzene rings is 1. The van der Waals surface area contributed by atoms with E-state index in [-0.39, 0.29) is 22.7 Å². The number of carbonyl (C=O) groups excluding carboxylic acids is 1. The molecule has 0 atom stereocenters. The smallest absolute Gasteiger partial charge is 0.341 e. The second kappa shape index (κ2) is 5.62. The Morgan fingerprint density at radius 2 is 2.22 bits per heavy atom. The molecule has 0 aliphatic rings. The molecule has 8 nitrogen and oxygen atoms in total. The third kappa shape index (κ3) is 2.94.